The summed E-state index contributed by atoms with van der Waals surface area (Å²) in [7, 11) is -2.10. The average molecular weight is 628 g/mol. The van der Waals surface area contributed by atoms with Gasteiger partial charge in [0.1, 0.15) is 11.4 Å². The number of hydrogen-bond acceptors (Lipinski definition) is 6. The van der Waals surface area contributed by atoms with Crippen molar-refractivity contribution in [2.45, 2.75) is 31.8 Å². The van der Waals surface area contributed by atoms with Gasteiger partial charge in [-0.25, -0.2) is 4.98 Å². The predicted molar refractivity (Wildman–Crippen MR) is 146 cm³/mol. The molecule has 0 fully saturated rings. The minimum Gasteiger partial charge on any atom is -0.455 e. The summed E-state index contributed by atoms with van der Waals surface area (Å²) in [6.07, 6.45) is 1.43. The van der Waals surface area contributed by atoms with Crippen LogP contribution >= 0.6 is 15.9 Å². The Morgan fingerprint density at radius 2 is 1.90 bits per heavy atom. The molecule has 0 aliphatic heterocycles. The molecule has 39 heavy (non-hydrogen) atoms. The first kappa shape index (κ1) is 28.5. The molecule has 0 radical (unpaired) electrons. The van der Waals surface area contributed by atoms with Crippen LogP contribution in [0.3, 0.4) is 0 Å². The first-order chi connectivity index (χ1) is 18.2. The maximum atomic E-state index is 13.0. The van der Waals surface area contributed by atoms with E-state index < -0.39 is 21.4 Å². The summed E-state index contributed by atoms with van der Waals surface area (Å²) in [5.41, 5.74) is 1.53. The summed E-state index contributed by atoms with van der Waals surface area (Å²) in [4.78, 5) is 18.7. The molecule has 1 amide bonds. The third-order valence-corrected chi connectivity index (χ3v) is 7.80. The molecule has 2 aromatic carbocycles. The van der Waals surface area contributed by atoms with E-state index in [1.807, 2.05) is 13.0 Å². The van der Waals surface area contributed by atoms with E-state index in [2.05, 4.69) is 20.9 Å². The van der Waals surface area contributed by atoms with Crippen molar-refractivity contribution in [3.63, 3.8) is 0 Å². The van der Waals surface area contributed by atoms with Gasteiger partial charge in [0.25, 0.3) is 5.91 Å². The van der Waals surface area contributed by atoms with E-state index in [1.165, 1.54) is 18.2 Å². The number of benzene rings is 2. The Labute approximate surface area is 231 Å². The monoisotopic (exact) mass is 627 g/mol. The first-order valence-corrected chi connectivity index (χ1v) is 14.0. The van der Waals surface area contributed by atoms with E-state index in [9.17, 15) is 26.4 Å². The molecule has 9 nitrogen and oxygen atoms in total. The molecule has 0 aliphatic carbocycles. The van der Waals surface area contributed by atoms with E-state index in [-0.39, 0.29) is 29.2 Å². The van der Waals surface area contributed by atoms with E-state index in [4.69, 9.17) is 10.2 Å². The number of carbonyl (C=O) groups is 1. The Balaban J connectivity index is 1.78. The summed E-state index contributed by atoms with van der Waals surface area (Å²) in [6, 6.07) is 10.9. The molecule has 208 valence electrons. The Morgan fingerprint density at radius 1 is 1.21 bits per heavy atom. The third-order valence-electron chi connectivity index (χ3n) is 5.91. The fourth-order valence-electron chi connectivity index (χ4n) is 4.17. The summed E-state index contributed by atoms with van der Waals surface area (Å²) in [6.45, 7) is 2.28. The normalized spacial score (nSPS) is 12.2. The maximum absolute atomic E-state index is 13.0. The van der Waals surface area contributed by atoms with Gasteiger partial charge in [-0.05, 0) is 52.2 Å². The lowest BCUT2D eigenvalue weighted by atomic mass is 10.1. The van der Waals surface area contributed by atoms with Gasteiger partial charge < -0.3 is 19.6 Å². The number of sulfonamides is 1. The van der Waals surface area contributed by atoms with Gasteiger partial charge in [-0.2, -0.15) is 21.6 Å². The molecular formula is C25H25BrF3N5O4S. The number of carbonyl (C=O) groups excluding carboxylic acids is 1. The van der Waals surface area contributed by atoms with Crippen LogP contribution in [-0.2, 0) is 23.0 Å². The van der Waals surface area contributed by atoms with Gasteiger partial charge in [-0.3, -0.25) is 9.52 Å². The number of fused-ring (bicyclic) bond motifs is 1. The number of halogens is 4. The van der Waals surface area contributed by atoms with Crippen LogP contribution in [0.5, 0.6) is 0 Å². The molecule has 3 N–H and O–H groups in total. The van der Waals surface area contributed by atoms with Crippen LogP contribution < -0.4 is 15.4 Å². The number of aromatic nitrogens is 2. The van der Waals surface area contributed by atoms with Crippen molar-refractivity contribution in [2.24, 2.45) is 5.73 Å². The van der Waals surface area contributed by atoms with Crippen LogP contribution in [-0.4, -0.2) is 43.5 Å². The minimum atomic E-state index is -5.65. The number of nitrogens with one attached hydrogen (secondary N) is 1. The molecule has 0 spiro atoms. The van der Waals surface area contributed by atoms with Gasteiger partial charge in [0.2, 0.25) is 0 Å². The standard InChI is InChI=1S/C25H25BrF3N5O4S/c1-4-7-19-31-24(33(2)3)21(23(30)35)34(19)13-14-10-11-18-16(12-14)20(26)22(38-18)15-8-5-6-9-17(15)32-39(36,37)25(27,28)29/h5-6,8-12,32H,4,7,13H2,1-3H3,(H2,30,35). The topological polar surface area (TPSA) is 123 Å². The molecule has 0 saturated carbocycles. The molecule has 4 rings (SSSR count). The predicted octanol–water partition coefficient (Wildman–Crippen LogP) is 5.49. The molecule has 4 aromatic rings. The van der Waals surface area contributed by atoms with Gasteiger partial charge in [0, 0.05) is 38.0 Å². The number of anilines is 2. The number of rotatable bonds is 9. The number of para-hydroxylation sites is 1. The highest BCUT2D eigenvalue weighted by molar-refractivity contribution is 9.10. The number of hydrogen-bond donors (Lipinski definition) is 2. The number of aryl methyl sites for hydroxylation is 1. The molecular weight excluding hydrogens is 603 g/mol. The van der Waals surface area contributed by atoms with E-state index >= 15 is 0 Å². The number of primary amides is 1. The number of amides is 1. The number of imidazole rings is 1. The second-order valence-electron chi connectivity index (χ2n) is 8.97. The third kappa shape index (κ3) is 5.48. The number of furan rings is 1. The summed E-state index contributed by atoms with van der Waals surface area (Å²) < 4.78 is 72.2. The minimum absolute atomic E-state index is 0.112. The Bertz CT molecular complexity index is 1660. The van der Waals surface area contributed by atoms with Gasteiger partial charge in [-0.1, -0.05) is 25.1 Å². The van der Waals surface area contributed by atoms with Crippen LogP contribution in [0.2, 0.25) is 0 Å². The molecule has 14 heteroatoms. The average Bonchev–Trinajstić information content (AvgIpc) is 3.37. The number of alkyl halides is 3. The van der Waals surface area contributed by atoms with E-state index in [0.29, 0.717) is 33.5 Å². The van der Waals surface area contributed by atoms with Crippen LogP contribution in [0.1, 0.15) is 35.2 Å². The summed E-state index contributed by atoms with van der Waals surface area (Å²) in [5.74, 6) is 0.702. The fourth-order valence-corrected chi connectivity index (χ4v) is 5.35. The van der Waals surface area contributed by atoms with Gasteiger partial charge in [0.15, 0.2) is 17.3 Å². The molecule has 2 aromatic heterocycles. The Kier molecular flexibility index (Phi) is 7.72. The van der Waals surface area contributed by atoms with Gasteiger partial charge in [-0.15, -0.1) is 0 Å². The van der Waals surface area contributed by atoms with E-state index in [1.54, 1.807) is 46.5 Å². The molecule has 0 saturated heterocycles. The van der Waals surface area contributed by atoms with Crippen LogP contribution in [0, 0.1) is 0 Å². The Morgan fingerprint density at radius 3 is 2.51 bits per heavy atom. The second-order valence-corrected chi connectivity index (χ2v) is 11.4. The van der Waals surface area contributed by atoms with Crippen molar-refractivity contribution in [2.75, 3.05) is 23.7 Å². The van der Waals surface area contributed by atoms with Crippen LogP contribution in [0.4, 0.5) is 24.7 Å². The summed E-state index contributed by atoms with van der Waals surface area (Å²) in [5, 5.41) is 0.599. The lowest BCUT2D eigenvalue weighted by Crippen LogP contribution is -2.30. The maximum Gasteiger partial charge on any atom is 0.516 e. The summed E-state index contributed by atoms with van der Waals surface area (Å²) >= 11 is 3.47. The zero-order valence-electron chi connectivity index (χ0n) is 21.1. The lowest BCUT2D eigenvalue weighted by molar-refractivity contribution is -0.0429. The van der Waals surface area contributed by atoms with Gasteiger partial charge >= 0.3 is 15.5 Å². The van der Waals surface area contributed by atoms with Crippen molar-refractivity contribution in [3.05, 3.63) is 64.0 Å². The van der Waals surface area contributed by atoms with Gasteiger partial charge in [0.05, 0.1) is 10.2 Å². The second kappa shape index (κ2) is 10.6. The smallest absolute Gasteiger partial charge is 0.455 e. The molecule has 2 heterocycles. The largest absolute Gasteiger partial charge is 0.516 e. The van der Waals surface area contributed by atoms with Crippen LogP contribution in [0.25, 0.3) is 22.3 Å². The molecule has 0 unspecified atom stereocenters. The Hall–Kier alpha value is -3.52. The zero-order chi connectivity index (χ0) is 28.7. The lowest BCUT2D eigenvalue weighted by Gasteiger charge is -2.13. The SMILES string of the molecule is CCCc1nc(N(C)C)c(C(N)=O)n1Cc1ccc2oc(-c3ccccc3NS(=O)(=O)C(F)(F)F)c(Br)c2c1. The van der Waals surface area contributed by atoms with Crippen molar-refractivity contribution < 1.29 is 30.8 Å². The zero-order valence-corrected chi connectivity index (χ0v) is 23.5. The van der Waals surface area contributed by atoms with Crippen molar-refractivity contribution in [3.8, 4) is 11.3 Å². The fraction of sp³-hybridized carbons (Fsp3) is 0.280. The first-order valence-electron chi connectivity index (χ1n) is 11.7. The molecule has 0 atom stereocenters. The highest BCUT2D eigenvalue weighted by Gasteiger charge is 2.46. The van der Waals surface area contributed by atoms with Crippen molar-refractivity contribution in [1.29, 1.82) is 0 Å². The van der Waals surface area contributed by atoms with Crippen molar-refractivity contribution in [1.82, 2.24) is 9.55 Å². The number of nitrogens with zero attached hydrogens (tertiary/aromatic N) is 3. The molecule has 0 aliphatic rings. The quantitative estimate of drug-likeness (QED) is 0.253. The highest BCUT2D eigenvalue weighted by Crippen LogP contribution is 2.42. The van der Waals surface area contributed by atoms with Crippen molar-refractivity contribution >= 4 is 54.3 Å². The highest BCUT2D eigenvalue weighted by atomic mass is 79.9. The van der Waals surface area contributed by atoms with E-state index in [0.717, 1.165) is 12.0 Å². The molecule has 0 bridgehead atoms. The number of nitrogens with two attached hydrogens (primary N) is 1. The van der Waals surface area contributed by atoms with Crippen LogP contribution in [0.15, 0.2) is 51.4 Å².